The second-order valence-corrected chi connectivity index (χ2v) is 3.83. The Morgan fingerprint density at radius 2 is 2.17 bits per heavy atom. The summed E-state index contributed by atoms with van der Waals surface area (Å²) in [5.74, 6) is 0.00622. The molecule has 0 saturated heterocycles. The molecule has 0 aliphatic rings. The van der Waals surface area contributed by atoms with Gasteiger partial charge in [-0.3, -0.25) is 4.79 Å². The number of nitrogens with one attached hydrogen (secondary N) is 2. The molecule has 1 aromatic carbocycles. The fraction of sp³-hybridized carbons (Fsp3) is 0.385. The number of carbonyl (C=O) groups is 1. The van der Waals surface area contributed by atoms with E-state index in [9.17, 15) is 4.79 Å². The molecule has 0 saturated carbocycles. The van der Waals surface area contributed by atoms with E-state index in [2.05, 4.69) is 16.7 Å². The summed E-state index contributed by atoms with van der Waals surface area (Å²) in [6.45, 7) is 3.80. The highest BCUT2D eigenvalue weighted by molar-refractivity contribution is 5.85. The lowest BCUT2D eigenvalue weighted by Crippen LogP contribution is -2.24. The van der Waals surface area contributed by atoms with Gasteiger partial charge in [0.15, 0.2) is 0 Å². The number of amides is 1. The molecule has 0 bridgehead atoms. The minimum Gasteiger partial charge on any atom is -0.356 e. The number of rotatable bonds is 6. The summed E-state index contributed by atoms with van der Waals surface area (Å²) in [5.41, 5.74) is 1.78. The van der Waals surface area contributed by atoms with Crippen molar-refractivity contribution in [1.29, 1.82) is 5.26 Å². The van der Waals surface area contributed by atoms with Crippen molar-refractivity contribution in [3.05, 3.63) is 35.4 Å². The van der Waals surface area contributed by atoms with Crippen LogP contribution in [0.3, 0.4) is 0 Å². The van der Waals surface area contributed by atoms with Gasteiger partial charge in [-0.15, -0.1) is 12.4 Å². The highest BCUT2D eigenvalue weighted by Gasteiger charge is 1.95. The van der Waals surface area contributed by atoms with Crippen molar-refractivity contribution >= 4 is 18.3 Å². The number of nitrogens with zero attached hydrogens (tertiary/aromatic N) is 1. The Labute approximate surface area is 114 Å². The third-order valence-corrected chi connectivity index (χ3v) is 2.29. The van der Waals surface area contributed by atoms with Crippen LogP contribution in [0.5, 0.6) is 0 Å². The largest absolute Gasteiger partial charge is 0.356 e. The fourth-order valence-electron chi connectivity index (χ4n) is 1.46. The summed E-state index contributed by atoms with van der Waals surface area (Å²) in [6, 6.07) is 9.65. The third-order valence-electron chi connectivity index (χ3n) is 2.29. The molecule has 0 heterocycles. The average molecular weight is 268 g/mol. The van der Waals surface area contributed by atoms with Crippen LogP contribution in [0.2, 0.25) is 0 Å². The summed E-state index contributed by atoms with van der Waals surface area (Å²) in [7, 11) is 0. The lowest BCUT2D eigenvalue weighted by atomic mass is 10.1. The Balaban J connectivity index is 0.00000289. The molecule has 18 heavy (non-hydrogen) atoms. The van der Waals surface area contributed by atoms with E-state index in [4.69, 9.17) is 5.26 Å². The summed E-state index contributed by atoms with van der Waals surface area (Å²) >= 11 is 0. The molecule has 0 unspecified atom stereocenters. The highest BCUT2D eigenvalue weighted by Crippen LogP contribution is 2.03. The number of halogens is 1. The first-order valence-corrected chi connectivity index (χ1v) is 5.66. The zero-order valence-electron chi connectivity index (χ0n) is 10.4. The minimum atomic E-state index is 0. The van der Waals surface area contributed by atoms with E-state index in [1.54, 1.807) is 6.07 Å². The molecule has 0 aromatic heterocycles. The molecule has 0 aliphatic heterocycles. The van der Waals surface area contributed by atoms with Crippen LogP contribution >= 0.6 is 12.4 Å². The molecule has 1 amide bonds. The van der Waals surface area contributed by atoms with Crippen molar-refractivity contribution in [2.45, 2.75) is 19.9 Å². The van der Waals surface area contributed by atoms with Gasteiger partial charge in [0.2, 0.25) is 5.91 Å². The highest BCUT2D eigenvalue weighted by atomic mass is 35.5. The molecule has 4 nitrogen and oxygen atoms in total. The monoisotopic (exact) mass is 267 g/mol. The number of nitriles is 1. The van der Waals surface area contributed by atoms with Crippen molar-refractivity contribution in [3.8, 4) is 6.07 Å². The zero-order chi connectivity index (χ0) is 12.5. The molecule has 0 atom stereocenters. The van der Waals surface area contributed by atoms with Gasteiger partial charge in [-0.05, 0) is 30.7 Å². The Kier molecular flexibility index (Phi) is 8.63. The van der Waals surface area contributed by atoms with E-state index in [0.717, 1.165) is 25.1 Å². The van der Waals surface area contributed by atoms with Gasteiger partial charge < -0.3 is 10.6 Å². The minimum absolute atomic E-state index is 0. The summed E-state index contributed by atoms with van der Waals surface area (Å²) in [6.07, 6.45) is 0.900. The van der Waals surface area contributed by atoms with Crippen molar-refractivity contribution in [3.63, 3.8) is 0 Å². The fourth-order valence-corrected chi connectivity index (χ4v) is 1.46. The topological polar surface area (TPSA) is 64.9 Å². The SMILES string of the molecule is CC(=O)NCCCNCc1cccc(C#N)c1.Cl. The van der Waals surface area contributed by atoms with Crippen LogP contribution in [0.15, 0.2) is 24.3 Å². The van der Waals surface area contributed by atoms with Crippen molar-refractivity contribution in [1.82, 2.24) is 10.6 Å². The zero-order valence-corrected chi connectivity index (χ0v) is 11.2. The maximum atomic E-state index is 10.6. The lowest BCUT2D eigenvalue weighted by molar-refractivity contribution is -0.118. The van der Waals surface area contributed by atoms with Crippen LogP contribution in [0.25, 0.3) is 0 Å². The lowest BCUT2D eigenvalue weighted by Gasteiger charge is -2.05. The third kappa shape index (κ3) is 6.89. The molecule has 5 heteroatoms. The van der Waals surface area contributed by atoms with Crippen LogP contribution < -0.4 is 10.6 Å². The summed E-state index contributed by atoms with van der Waals surface area (Å²) in [5, 5.41) is 14.8. The molecule has 98 valence electrons. The van der Waals surface area contributed by atoms with Crippen LogP contribution in [0.4, 0.5) is 0 Å². The Morgan fingerprint density at radius 1 is 1.39 bits per heavy atom. The van der Waals surface area contributed by atoms with Crippen molar-refractivity contribution < 1.29 is 4.79 Å². The Hall–Kier alpha value is -1.57. The number of hydrogen-bond acceptors (Lipinski definition) is 3. The Morgan fingerprint density at radius 3 is 2.83 bits per heavy atom. The van der Waals surface area contributed by atoms with Crippen molar-refractivity contribution in [2.75, 3.05) is 13.1 Å². The van der Waals surface area contributed by atoms with Gasteiger partial charge in [-0.2, -0.15) is 5.26 Å². The van der Waals surface area contributed by atoms with Gasteiger partial charge in [-0.25, -0.2) is 0 Å². The van der Waals surface area contributed by atoms with E-state index in [-0.39, 0.29) is 18.3 Å². The first-order valence-electron chi connectivity index (χ1n) is 5.66. The molecule has 0 spiro atoms. The van der Waals surface area contributed by atoms with Crippen LogP contribution in [-0.4, -0.2) is 19.0 Å². The maximum Gasteiger partial charge on any atom is 0.216 e. The van der Waals surface area contributed by atoms with Crippen LogP contribution in [-0.2, 0) is 11.3 Å². The number of hydrogen-bond donors (Lipinski definition) is 2. The number of carbonyl (C=O) groups excluding carboxylic acids is 1. The predicted octanol–water partition coefficient (Wildman–Crippen LogP) is 1.60. The second-order valence-electron chi connectivity index (χ2n) is 3.83. The molecule has 0 radical (unpaired) electrons. The smallest absolute Gasteiger partial charge is 0.216 e. The quantitative estimate of drug-likeness (QED) is 0.770. The molecule has 1 aromatic rings. The van der Waals surface area contributed by atoms with Gasteiger partial charge >= 0.3 is 0 Å². The van der Waals surface area contributed by atoms with Crippen LogP contribution in [0, 0.1) is 11.3 Å². The van der Waals surface area contributed by atoms with E-state index in [1.807, 2.05) is 18.2 Å². The van der Waals surface area contributed by atoms with E-state index in [0.29, 0.717) is 12.1 Å². The predicted molar refractivity (Wildman–Crippen MR) is 73.4 cm³/mol. The second kappa shape index (κ2) is 9.46. The molecular weight excluding hydrogens is 250 g/mol. The van der Waals surface area contributed by atoms with Gasteiger partial charge in [0.05, 0.1) is 11.6 Å². The molecule has 0 fully saturated rings. The van der Waals surface area contributed by atoms with Gasteiger partial charge in [-0.1, -0.05) is 12.1 Å². The van der Waals surface area contributed by atoms with Gasteiger partial charge in [0.1, 0.15) is 0 Å². The van der Waals surface area contributed by atoms with Gasteiger partial charge in [0, 0.05) is 20.0 Å². The normalized spacial score (nSPS) is 9.11. The summed E-state index contributed by atoms with van der Waals surface area (Å²) in [4.78, 5) is 10.6. The molecular formula is C13H18ClN3O. The average Bonchev–Trinajstić information content (AvgIpc) is 2.33. The van der Waals surface area contributed by atoms with Crippen molar-refractivity contribution in [2.24, 2.45) is 0 Å². The summed E-state index contributed by atoms with van der Waals surface area (Å²) < 4.78 is 0. The maximum absolute atomic E-state index is 10.6. The van der Waals surface area contributed by atoms with Gasteiger partial charge in [0.25, 0.3) is 0 Å². The van der Waals surface area contributed by atoms with Crippen LogP contribution in [0.1, 0.15) is 24.5 Å². The molecule has 0 aliphatic carbocycles. The first kappa shape index (κ1) is 16.4. The van der Waals surface area contributed by atoms with E-state index in [1.165, 1.54) is 6.92 Å². The number of benzene rings is 1. The first-order chi connectivity index (χ1) is 8.22. The standard InChI is InChI=1S/C13H17N3O.ClH/c1-11(17)16-7-3-6-15-10-13-5-2-4-12(8-13)9-14;/h2,4-5,8,15H,3,6-7,10H2,1H3,(H,16,17);1H. The Bertz CT molecular complexity index is 415. The van der Waals surface area contributed by atoms with E-state index >= 15 is 0 Å². The molecule has 1 rings (SSSR count). The molecule has 2 N–H and O–H groups in total. The van der Waals surface area contributed by atoms with E-state index < -0.39 is 0 Å².